The number of benzene rings is 2. The van der Waals surface area contributed by atoms with E-state index >= 15 is 0 Å². The number of aromatic nitrogens is 1. The molecule has 0 atom stereocenters. The normalized spacial score (nSPS) is 11.8. The molecule has 156 valence electrons. The van der Waals surface area contributed by atoms with Gasteiger partial charge in [-0.3, -0.25) is 4.99 Å². The maximum Gasteiger partial charge on any atom is 0.206 e. The lowest BCUT2D eigenvalue weighted by Gasteiger charge is -2.11. The van der Waals surface area contributed by atoms with E-state index in [0.29, 0.717) is 32.9 Å². The van der Waals surface area contributed by atoms with E-state index in [4.69, 9.17) is 9.47 Å². The Balaban J connectivity index is 2.19. The molecule has 0 aliphatic heterocycles. The van der Waals surface area contributed by atoms with E-state index in [1.165, 1.54) is 11.3 Å². The predicted molar refractivity (Wildman–Crippen MR) is 128 cm³/mol. The van der Waals surface area contributed by atoms with Gasteiger partial charge in [-0.2, -0.15) is 5.10 Å². The lowest BCUT2D eigenvalue weighted by Crippen LogP contribution is -2.12. The Morgan fingerprint density at radius 3 is 2.70 bits per heavy atom. The third-order valence-corrected chi connectivity index (χ3v) is 6.01. The molecule has 30 heavy (non-hydrogen) atoms. The molecular weight excluding hydrogens is 534 g/mol. The Hall–Kier alpha value is -2.36. The molecular formula is C21H19Br2N3O3S. The van der Waals surface area contributed by atoms with Crippen molar-refractivity contribution in [3.63, 3.8) is 0 Å². The summed E-state index contributed by atoms with van der Waals surface area (Å²) in [5.74, 6) is 1.48. The molecule has 2 aromatic carbocycles. The van der Waals surface area contributed by atoms with Crippen LogP contribution in [0.15, 0.2) is 67.4 Å². The van der Waals surface area contributed by atoms with Crippen LogP contribution in [0.2, 0.25) is 0 Å². The lowest BCUT2D eigenvalue weighted by atomic mass is 10.1. The minimum absolute atomic E-state index is 0.0999. The van der Waals surface area contributed by atoms with E-state index in [1.807, 2.05) is 23.6 Å². The molecule has 0 amide bonds. The first kappa shape index (κ1) is 22.3. The van der Waals surface area contributed by atoms with Gasteiger partial charge in [-0.05, 0) is 46.3 Å². The SMILES string of the molecule is C=CCN=c1scc(-c2cc(OC)ccc2OC)n1N=Cc1cc(Br)cc(Br)c1O. The fourth-order valence-electron chi connectivity index (χ4n) is 2.67. The Labute approximate surface area is 195 Å². The molecule has 9 heteroatoms. The van der Waals surface area contributed by atoms with Crippen molar-refractivity contribution < 1.29 is 14.6 Å². The molecule has 1 heterocycles. The number of hydrogen-bond acceptors (Lipinski definition) is 6. The van der Waals surface area contributed by atoms with Gasteiger partial charge < -0.3 is 14.6 Å². The van der Waals surface area contributed by atoms with Crippen molar-refractivity contribution >= 4 is 49.4 Å². The summed E-state index contributed by atoms with van der Waals surface area (Å²) < 4.78 is 14.0. The minimum Gasteiger partial charge on any atom is -0.506 e. The van der Waals surface area contributed by atoms with E-state index in [9.17, 15) is 5.11 Å². The monoisotopic (exact) mass is 551 g/mol. The number of rotatable bonds is 7. The summed E-state index contributed by atoms with van der Waals surface area (Å²) >= 11 is 8.22. The van der Waals surface area contributed by atoms with Gasteiger partial charge in [0.2, 0.25) is 4.80 Å². The standard InChI is InChI=1S/C21H19Br2N3O3S/c1-4-7-24-21-26(25-11-13-8-14(22)9-17(23)20(13)27)18(12-30-21)16-10-15(28-2)5-6-19(16)29-3/h4-6,8-12,27H,1,7H2,2-3H3. The van der Waals surface area contributed by atoms with Crippen molar-refractivity contribution in [2.24, 2.45) is 10.1 Å². The topological polar surface area (TPSA) is 68.3 Å². The highest BCUT2D eigenvalue weighted by Gasteiger charge is 2.14. The number of hydrogen-bond donors (Lipinski definition) is 1. The summed E-state index contributed by atoms with van der Waals surface area (Å²) in [6, 6.07) is 9.11. The molecule has 6 nitrogen and oxygen atoms in total. The number of nitrogens with zero attached hydrogens (tertiary/aromatic N) is 3. The van der Waals surface area contributed by atoms with Crippen LogP contribution in [0.1, 0.15) is 5.56 Å². The predicted octanol–water partition coefficient (Wildman–Crippen LogP) is 5.43. The fraction of sp³-hybridized carbons (Fsp3) is 0.143. The van der Waals surface area contributed by atoms with Crippen molar-refractivity contribution in [1.82, 2.24) is 4.68 Å². The molecule has 1 N–H and O–H groups in total. The van der Waals surface area contributed by atoms with E-state index in [0.717, 1.165) is 15.7 Å². The lowest BCUT2D eigenvalue weighted by molar-refractivity contribution is 0.404. The van der Waals surface area contributed by atoms with Gasteiger partial charge in [0.25, 0.3) is 0 Å². The van der Waals surface area contributed by atoms with Crippen molar-refractivity contribution in [1.29, 1.82) is 0 Å². The Morgan fingerprint density at radius 2 is 2.00 bits per heavy atom. The minimum atomic E-state index is 0.0999. The van der Waals surface area contributed by atoms with Crippen LogP contribution in [-0.4, -0.2) is 36.8 Å². The Morgan fingerprint density at radius 1 is 1.20 bits per heavy atom. The van der Waals surface area contributed by atoms with Crippen molar-refractivity contribution in [2.75, 3.05) is 20.8 Å². The number of aromatic hydroxyl groups is 1. The first-order chi connectivity index (χ1) is 14.5. The quantitative estimate of drug-likeness (QED) is 0.314. The number of halogens is 2. The third kappa shape index (κ3) is 4.85. The molecule has 0 spiro atoms. The van der Waals surface area contributed by atoms with Crippen molar-refractivity contribution in [3.05, 3.63) is 67.7 Å². The van der Waals surface area contributed by atoms with E-state index < -0.39 is 0 Å². The maximum atomic E-state index is 10.4. The van der Waals surface area contributed by atoms with Gasteiger partial charge in [0.1, 0.15) is 17.2 Å². The van der Waals surface area contributed by atoms with E-state index in [1.54, 1.807) is 43.3 Å². The smallest absolute Gasteiger partial charge is 0.206 e. The highest BCUT2D eigenvalue weighted by molar-refractivity contribution is 9.11. The highest BCUT2D eigenvalue weighted by atomic mass is 79.9. The van der Waals surface area contributed by atoms with Crippen LogP contribution in [-0.2, 0) is 0 Å². The Bertz CT molecular complexity index is 1170. The second kappa shape index (κ2) is 10.1. The van der Waals surface area contributed by atoms with Gasteiger partial charge >= 0.3 is 0 Å². The number of methoxy groups -OCH3 is 2. The van der Waals surface area contributed by atoms with Gasteiger partial charge in [0, 0.05) is 21.0 Å². The van der Waals surface area contributed by atoms with Crippen LogP contribution in [0.5, 0.6) is 17.2 Å². The van der Waals surface area contributed by atoms with Gasteiger partial charge in [-0.25, -0.2) is 4.68 Å². The van der Waals surface area contributed by atoms with Gasteiger partial charge in [-0.1, -0.05) is 22.0 Å². The molecule has 0 aliphatic carbocycles. The summed E-state index contributed by atoms with van der Waals surface area (Å²) in [6.45, 7) is 4.18. The number of phenols is 1. The molecule has 0 saturated heterocycles. The average molecular weight is 553 g/mol. The van der Waals surface area contributed by atoms with Crippen LogP contribution in [0.3, 0.4) is 0 Å². The van der Waals surface area contributed by atoms with Crippen LogP contribution in [0.4, 0.5) is 0 Å². The van der Waals surface area contributed by atoms with Crippen molar-refractivity contribution in [2.45, 2.75) is 0 Å². The summed E-state index contributed by atoms with van der Waals surface area (Å²) in [7, 11) is 3.23. The molecule has 0 radical (unpaired) electrons. The zero-order valence-electron chi connectivity index (χ0n) is 16.3. The second-order valence-corrected chi connectivity index (χ2v) is 8.59. The highest BCUT2D eigenvalue weighted by Crippen LogP contribution is 2.34. The van der Waals surface area contributed by atoms with Gasteiger partial charge in [-0.15, -0.1) is 17.9 Å². The van der Waals surface area contributed by atoms with Crippen LogP contribution in [0.25, 0.3) is 11.3 Å². The number of ether oxygens (including phenoxy) is 2. The second-order valence-electron chi connectivity index (χ2n) is 5.98. The third-order valence-electron chi connectivity index (χ3n) is 4.09. The van der Waals surface area contributed by atoms with Crippen LogP contribution >= 0.6 is 43.2 Å². The zero-order valence-corrected chi connectivity index (χ0v) is 20.3. The maximum absolute atomic E-state index is 10.4. The summed E-state index contributed by atoms with van der Waals surface area (Å²) in [5, 5.41) is 16.9. The molecule has 0 fully saturated rings. The van der Waals surface area contributed by atoms with E-state index in [2.05, 4.69) is 48.5 Å². The molecule has 3 rings (SSSR count). The molecule has 1 aromatic heterocycles. The van der Waals surface area contributed by atoms with Crippen LogP contribution < -0.4 is 14.3 Å². The summed E-state index contributed by atoms with van der Waals surface area (Å²) in [6.07, 6.45) is 3.30. The zero-order chi connectivity index (χ0) is 21.7. The first-order valence-electron chi connectivity index (χ1n) is 8.75. The average Bonchev–Trinajstić information content (AvgIpc) is 3.15. The van der Waals surface area contributed by atoms with Gasteiger partial charge in [0.05, 0.1) is 37.1 Å². The van der Waals surface area contributed by atoms with Crippen molar-refractivity contribution in [3.8, 4) is 28.5 Å². The Kier molecular flexibility index (Phi) is 7.52. The van der Waals surface area contributed by atoms with E-state index in [-0.39, 0.29) is 5.75 Å². The fourth-order valence-corrected chi connectivity index (χ4v) is 4.76. The molecule has 0 saturated carbocycles. The largest absolute Gasteiger partial charge is 0.506 e. The number of thiazole rings is 1. The molecule has 0 aliphatic rings. The summed E-state index contributed by atoms with van der Waals surface area (Å²) in [4.78, 5) is 5.22. The summed E-state index contributed by atoms with van der Waals surface area (Å²) in [5.41, 5.74) is 2.14. The molecule has 0 bridgehead atoms. The van der Waals surface area contributed by atoms with Crippen LogP contribution in [0, 0.1) is 0 Å². The number of phenolic OH excluding ortho intramolecular Hbond substituents is 1. The first-order valence-corrected chi connectivity index (χ1v) is 11.2. The molecule has 0 unspecified atom stereocenters. The molecule has 3 aromatic rings. The van der Waals surface area contributed by atoms with Gasteiger partial charge in [0.15, 0.2) is 0 Å².